The fourth-order valence-electron chi connectivity index (χ4n) is 1.73. The van der Waals surface area contributed by atoms with Crippen molar-refractivity contribution in [3.63, 3.8) is 0 Å². The molecule has 1 heterocycles. The smallest absolute Gasteiger partial charge is 0.303 e. The number of ether oxygens (including phenoxy) is 1. The van der Waals surface area contributed by atoms with Crippen molar-refractivity contribution in [2.24, 2.45) is 5.92 Å². The maximum Gasteiger partial charge on any atom is 0.303 e. The zero-order chi connectivity index (χ0) is 12.0. The van der Waals surface area contributed by atoms with E-state index in [1.54, 1.807) is 7.11 Å². The van der Waals surface area contributed by atoms with Gasteiger partial charge in [-0.15, -0.1) is 0 Å². The van der Waals surface area contributed by atoms with E-state index in [-0.39, 0.29) is 18.2 Å². The predicted octanol–water partition coefficient (Wildman–Crippen LogP) is -0.844. The van der Waals surface area contributed by atoms with Gasteiger partial charge in [0, 0.05) is 26.7 Å². The number of hydrogen-bond donors (Lipinski definition) is 2. The average molecular weight is 230 g/mol. The molecule has 0 radical (unpaired) electrons. The summed E-state index contributed by atoms with van der Waals surface area (Å²) in [7, 11) is 1.58. The molecule has 0 atom stereocenters. The summed E-state index contributed by atoms with van der Waals surface area (Å²) in [5, 5.41) is 11.3. The van der Waals surface area contributed by atoms with E-state index >= 15 is 0 Å². The summed E-state index contributed by atoms with van der Waals surface area (Å²) in [6, 6.07) is 0. The minimum atomic E-state index is -0.769. The minimum Gasteiger partial charge on any atom is -0.481 e. The van der Waals surface area contributed by atoms with Gasteiger partial charge in [0.15, 0.2) is 0 Å². The van der Waals surface area contributed by atoms with E-state index in [2.05, 4.69) is 5.32 Å². The minimum absolute atomic E-state index is 0.0363. The van der Waals surface area contributed by atoms with Crippen molar-refractivity contribution < 1.29 is 19.4 Å². The predicted molar refractivity (Wildman–Crippen MR) is 57.1 cm³/mol. The number of nitrogens with zero attached hydrogens (tertiary/aromatic N) is 1. The first-order valence-electron chi connectivity index (χ1n) is 5.31. The topological polar surface area (TPSA) is 78.9 Å². The van der Waals surface area contributed by atoms with Gasteiger partial charge in [-0.3, -0.25) is 14.5 Å². The van der Waals surface area contributed by atoms with Crippen LogP contribution in [0, 0.1) is 5.92 Å². The van der Waals surface area contributed by atoms with E-state index < -0.39 is 5.97 Å². The largest absolute Gasteiger partial charge is 0.481 e. The van der Waals surface area contributed by atoms with Crippen molar-refractivity contribution in [1.82, 2.24) is 10.2 Å². The summed E-state index contributed by atoms with van der Waals surface area (Å²) in [4.78, 5) is 23.7. The van der Waals surface area contributed by atoms with Crippen LogP contribution in [0.3, 0.4) is 0 Å². The molecule has 1 aliphatic rings. The number of nitrogens with one attached hydrogen (secondary N) is 1. The Kier molecular flexibility index (Phi) is 5.21. The third kappa shape index (κ3) is 4.59. The summed E-state index contributed by atoms with van der Waals surface area (Å²) < 4.78 is 4.80. The van der Waals surface area contributed by atoms with Gasteiger partial charge >= 0.3 is 5.97 Å². The Morgan fingerprint density at radius 1 is 1.50 bits per heavy atom. The molecular weight excluding hydrogens is 212 g/mol. The van der Waals surface area contributed by atoms with Crippen molar-refractivity contribution in [2.45, 2.75) is 6.42 Å². The van der Waals surface area contributed by atoms with Crippen molar-refractivity contribution >= 4 is 11.9 Å². The molecule has 16 heavy (non-hydrogen) atoms. The van der Waals surface area contributed by atoms with E-state index in [1.807, 2.05) is 4.90 Å². The number of methoxy groups -OCH3 is 1. The van der Waals surface area contributed by atoms with E-state index in [9.17, 15) is 9.59 Å². The van der Waals surface area contributed by atoms with Gasteiger partial charge in [0.25, 0.3) is 0 Å². The molecule has 1 aliphatic heterocycles. The highest BCUT2D eigenvalue weighted by Crippen LogP contribution is 2.17. The second-order valence-corrected chi connectivity index (χ2v) is 4.00. The van der Waals surface area contributed by atoms with Gasteiger partial charge in [-0.05, 0) is 5.92 Å². The molecule has 0 unspecified atom stereocenters. The Hall–Kier alpha value is -1.14. The average Bonchev–Trinajstić information content (AvgIpc) is 2.14. The zero-order valence-electron chi connectivity index (χ0n) is 9.44. The molecular formula is C10H18N2O4. The summed E-state index contributed by atoms with van der Waals surface area (Å²) >= 11 is 0. The van der Waals surface area contributed by atoms with Gasteiger partial charge in [0.2, 0.25) is 5.91 Å². The van der Waals surface area contributed by atoms with Crippen LogP contribution in [-0.4, -0.2) is 61.8 Å². The fourth-order valence-corrected chi connectivity index (χ4v) is 1.73. The van der Waals surface area contributed by atoms with Crippen LogP contribution in [0.1, 0.15) is 6.42 Å². The monoisotopic (exact) mass is 230 g/mol. The molecule has 2 N–H and O–H groups in total. The first kappa shape index (κ1) is 12.9. The Labute approximate surface area is 94.6 Å². The molecule has 6 heteroatoms. The number of carboxylic acids is 1. The number of rotatable bonds is 7. The molecule has 0 spiro atoms. The summed E-state index contributed by atoms with van der Waals surface area (Å²) in [6.07, 6.45) is 0.196. The van der Waals surface area contributed by atoms with Crippen molar-refractivity contribution in [1.29, 1.82) is 0 Å². The van der Waals surface area contributed by atoms with E-state index in [0.29, 0.717) is 32.8 Å². The van der Waals surface area contributed by atoms with E-state index in [1.165, 1.54) is 0 Å². The van der Waals surface area contributed by atoms with Gasteiger partial charge in [-0.2, -0.15) is 0 Å². The molecule has 1 amide bonds. The number of aliphatic carboxylic acids is 1. The van der Waals surface area contributed by atoms with Crippen molar-refractivity contribution in [2.75, 3.05) is 39.9 Å². The van der Waals surface area contributed by atoms with Crippen molar-refractivity contribution in [3.8, 4) is 0 Å². The van der Waals surface area contributed by atoms with Gasteiger partial charge in [0.05, 0.1) is 19.6 Å². The molecule has 1 saturated heterocycles. The van der Waals surface area contributed by atoms with Crippen LogP contribution in [0.15, 0.2) is 0 Å². The lowest BCUT2D eigenvalue weighted by Crippen LogP contribution is -2.51. The molecule has 0 saturated carbocycles. The lowest BCUT2D eigenvalue weighted by atomic mass is 9.96. The highest BCUT2D eigenvalue weighted by atomic mass is 16.5. The molecule has 92 valence electrons. The molecule has 6 nitrogen and oxygen atoms in total. The zero-order valence-corrected chi connectivity index (χ0v) is 9.44. The van der Waals surface area contributed by atoms with Crippen LogP contribution in [0.2, 0.25) is 0 Å². The Morgan fingerprint density at radius 2 is 2.19 bits per heavy atom. The van der Waals surface area contributed by atoms with Crippen LogP contribution in [-0.2, 0) is 14.3 Å². The number of amides is 1. The van der Waals surface area contributed by atoms with Gasteiger partial charge in [0.1, 0.15) is 0 Å². The third-order valence-electron chi connectivity index (χ3n) is 2.49. The number of carbonyl (C=O) groups is 2. The highest BCUT2D eigenvalue weighted by molar-refractivity contribution is 5.78. The molecule has 1 fully saturated rings. The highest BCUT2D eigenvalue weighted by Gasteiger charge is 2.29. The van der Waals surface area contributed by atoms with E-state index in [4.69, 9.17) is 9.84 Å². The molecule has 0 aromatic rings. The van der Waals surface area contributed by atoms with Crippen LogP contribution in [0.5, 0.6) is 0 Å². The molecule has 0 aliphatic carbocycles. The maximum absolute atomic E-state index is 11.3. The summed E-state index contributed by atoms with van der Waals surface area (Å²) in [6.45, 7) is 2.77. The summed E-state index contributed by atoms with van der Waals surface area (Å²) in [5.74, 6) is -0.607. The molecule has 0 bridgehead atoms. The normalized spacial score (nSPS) is 16.8. The molecule has 1 rings (SSSR count). The third-order valence-corrected chi connectivity index (χ3v) is 2.49. The lowest BCUT2D eigenvalue weighted by Gasteiger charge is -2.37. The van der Waals surface area contributed by atoms with Crippen LogP contribution in [0.4, 0.5) is 0 Å². The first-order chi connectivity index (χ1) is 7.61. The SMILES string of the molecule is COCCNC(=O)CN1CC(CC(=O)O)C1. The second-order valence-electron chi connectivity index (χ2n) is 4.00. The van der Waals surface area contributed by atoms with Gasteiger partial charge in [-0.25, -0.2) is 0 Å². The number of likely N-dealkylation sites (tertiary alicyclic amines) is 1. The lowest BCUT2D eigenvalue weighted by molar-refractivity contribution is -0.139. The number of carboxylic acid groups (broad SMARTS) is 1. The molecule has 0 aromatic heterocycles. The fraction of sp³-hybridized carbons (Fsp3) is 0.800. The maximum atomic E-state index is 11.3. The summed E-state index contributed by atoms with van der Waals surface area (Å²) in [5.41, 5.74) is 0. The number of hydrogen-bond acceptors (Lipinski definition) is 4. The Balaban J connectivity index is 2.03. The quantitative estimate of drug-likeness (QED) is 0.557. The standard InChI is InChI=1S/C10H18N2O4/c1-16-3-2-11-9(13)7-12-5-8(6-12)4-10(14)15/h8H,2-7H2,1H3,(H,11,13)(H,14,15). The van der Waals surface area contributed by atoms with Crippen molar-refractivity contribution in [3.05, 3.63) is 0 Å². The van der Waals surface area contributed by atoms with Crippen LogP contribution < -0.4 is 5.32 Å². The van der Waals surface area contributed by atoms with Gasteiger partial charge in [-0.1, -0.05) is 0 Å². The first-order valence-corrected chi connectivity index (χ1v) is 5.31. The second kappa shape index (κ2) is 6.44. The molecule has 0 aromatic carbocycles. The number of carbonyl (C=O) groups excluding carboxylic acids is 1. The van der Waals surface area contributed by atoms with Crippen LogP contribution in [0.25, 0.3) is 0 Å². The Bertz CT molecular complexity index is 251. The van der Waals surface area contributed by atoms with Crippen LogP contribution >= 0.6 is 0 Å². The van der Waals surface area contributed by atoms with Gasteiger partial charge < -0.3 is 15.2 Å². The Morgan fingerprint density at radius 3 is 2.75 bits per heavy atom. The van der Waals surface area contributed by atoms with E-state index in [0.717, 1.165) is 0 Å².